The number of fused-ring (bicyclic) bond motifs is 2. The normalized spacial score (nSPS) is 38.3. The Morgan fingerprint density at radius 2 is 2.18 bits per heavy atom. The number of hydrogen-bond donors (Lipinski definition) is 0. The van der Waals surface area contributed by atoms with Gasteiger partial charge >= 0.3 is 0 Å². The van der Waals surface area contributed by atoms with Crippen LogP contribution in [0.1, 0.15) is 33.1 Å². The summed E-state index contributed by atoms with van der Waals surface area (Å²) in [5.41, 5.74) is 0. The third-order valence-electron chi connectivity index (χ3n) is 3.60. The van der Waals surface area contributed by atoms with Crippen molar-refractivity contribution >= 4 is 0 Å². The zero-order valence-electron chi connectivity index (χ0n) is 11.1. The number of ether oxygens (including phenoxy) is 4. The molecule has 0 spiro atoms. The van der Waals surface area contributed by atoms with Gasteiger partial charge in [0.05, 0.1) is 12.7 Å². The maximum atomic E-state index is 5.97. The van der Waals surface area contributed by atoms with Crippen molar-refractivity contribution in [3.63, 3.8) is 0 Å². The van der Waals surface area contributed by atoms with Crippen LogP contribution in [0.15, 0.2) is 0 Å². The Labute approximate surface area is 104 Å². The first-order valence-corrected chi connectivity index (χ1v) is 6.66. The van der Waals surface area contributed by atoms with Gasteiger partial charge in [0.15, 0.2) is 6.29 Å². The Morgan fingerprint density at radius 3 is 2.88 bits per heavy atom. The van der Waals surface area contributed by atoms with Crippen molar-refractivity contribution < 1.29 is 18.9 Å². The van der Waals surface area contributed by atoms with Gasteiger partial charge in [0.2, 0.25) is 0 Å². The Kier molecular flexibility index (Phi) is 4.79. The summed E-state index contributed by atoms with van der Waals surface area (Å²) in [4.78, 5) is 0. The monoisotopic (exact) mass is 244 g/mol. The zero-order chi connectivity index (χ0) is 12.3. The van der Waals surface area contributed by atoms with Crippen molar-refractivity contribution in [2.45, 2.75) is 57.7 Å². The SMILES string of the molecule is CCCC(C)CO[C@H]1C[C@@H](OC)C2OC[C@H]1O2. The first-order valence-electron chi connectivity index (χ1n) is 6.66. The minimum Gasteiger partial charge on any atom is -0.376 e. The maximum absolute atomic E-state index is 5.97. The Balaban J connectivity index is 1.80. The average Bonchev–Trinajstić information content (AvgIpc) is 2.74. The lowest BCUT2D eigenvalue weighted by Crippen LogP contribution is -2.44. The molecule has 0 aromatic carbocycles. The topological polar surface area (TPSA) is 36.9 Å². The summed E-state index contributed by atoms with van der Waals surface area (Å²) in [6, 6.07) is 0. The Hall–Kier alpha value is -0.160. The first kappa shape index (κ1) is 13.3. The minimum atomic E-state index is -0.182. The molecule has 0 aromatic heterocycles. The molecule has 0 saturated carbocycles. The van der Waals surface area contributed by atoms with Crippen molar-refractivity contribution in [2.24, 2.45) is 5.92 Å². The van der Waals surface area contributed by atoms with E-state index in [1.807, 2.05) is 0 Å². The molecule has 2 fully saturated rings. The van der Waals surface area contributed by atoms with Gasteiger partial charge in [0.1, 0.15) is 12.2 Å². The lowest BCUT2D eigenvalue weighted by Gasteiger charge is -2.33. The summed E-state index contributed by atoms with van der Waals surface area (Å²) < 4.78 is 22.6. The molecule has 2 aliphatic heterocycles. The number of hydrogen-bond acceptors (Lipinski definition) is 4. The third kappa shape index (κ3) is 3.19. The van der Waals surface area contributed by atoms with Crippen molar-refractivity contribution in [3.05, 3.63) is 0 Å². The quantitative estimate of drug-likeness (QED) is 0.716. The highest BCUT2D eigenvalue weighted by Gasteiger charge is 2.44. The summed E-state index contributed by atoms with van der Waals surface area (Å²) in [6.07, 6.45) is 3.35. The average molecular weight is 244 g/mol. The van der Waals surface area contributed by atoms with Gasteiger partial charge < -0.3 is 18.9 Å². The lowest BCUT2D eigenvalue weighted by molar-refractivity contribution is -0.200. The maximum Gasteiger partial charge on any atom is 0.184 e. The largest absolute Gasteiger partial charge is 0.376 e. The van der Waals surface area contributed by atoms with Gasteiger partial charge in [0.25, 0.3) is 0 Å². The van der Waals surface area contributed by atoms with Gasteiger partial charge in [-0.1, -0.05) is 20.3 Å². The van der Waals surface area contributed by atoms with Crippen LogP contribution in [0.25, 0.3) is 0 Å². The van der Waals surface area contributed by atoms with Crippen molar-refractivity contribution in [2.75, 3.05) is 20.3 Å². The fourth-order valence-corrected chi connectivity index (χ4v) is 2.57. The van der Waals surface area contributed by atoms with E-state index in [0.29, 0.717) is 12.5 Å². The fourth-order valence-electron chi connectivity index (χ4n) is 2.57. The molecule has 4 nitrogen and oxygen atoms in total. The molecule has 17 heavy (non-hydrogen) atoms. The molecular weight excluding hydrogens is 220 g/mol. The molecular formula is C13H24O4. The van der Waals surface area contributed by atoms with E-state index in [-0.39, 0.29) is 24.6 Å². The molecule has 4 heteroatoms. The summed E-state index contributed by atoms with van der Waals surface area (Å²) in [6.45, 7) is 5.88. The molecule has 0 amide bonds. The first-order chi connectivity index (χ1) is 8.24. The molecule has 0 N–H and O–H groups in total. The molecule has 2 aliphatic rings. The second kappa shape index (κ2) is 6.14. The van der Waals surface area contributed by atoms with Crippen LogP contribution >= 0.6 is 0 Å². The highest BCUT2D eigenvalue weighted by Crippen LogP contribution is 2.31. The molecule has 2 unspecified atom stereocenters. The second-order valence-corrected chi connectivity index (χ2v) is 5.15. The Bertz CT molecular complexity index is 233. The van der Waals surface area contributed by atoms with E-state index in [1.54, 1.807) is 7.11 Å². The van der Waals surface area contributed by atoms with E-state index < -0.39 is 0 Å². The summed E-state index contributed by atoms with van der Waals surface area (Å²) in [5, 5.41) is 0. The molecule has 100 valence electrons. The number of methoxy groups -OCH3 is 1. The highest BCUT2D eigenvalue weighted by atomic mass is 16.7. The molecule has 2 saturated heterocycles. The predicted molar refractivity (Wildman–Crippen MR) is 63.8 cm³/mol. The minimum absolute atomic E-state index is 0.0141. The van der Waals surface area contributed by atoms with Gasteiger partial charge in [-0.2, -0.15) is 0 Å². The molecule has 2 bridgehead atoms. The summed E-state index contributed by atoms with van der Waals surface area (Å²) >= 11 is 0. The molecule has 2 rings (SSSR count). The highest BCUT2D eigenvalue weighted by molar-refractivity contribution is 4.87. The predicted octanol–water partition coefficient (Wildman–Crippen LogP) is 1.97. The van der Waals surface area contributed by atoms with Crippen LogP contribution < -0.4 is 0 Å². The molecule has 0 aromatic rings. The van der Waals surface area contributed by atoms with Gasteiger partial charge in [-0.05, 0) is 12.3 Å². The van der Waals surface area contributed by atoms with Gasteiger partial charge in [-0.3, -0.25) is 0 Å². The van der Waals surface area contributed by atoms with Crippen LogP contribution in [0, 0.1) is 5.92 Å². The second-order valence-electron chi connectivity index (χ2n) is 5.15. The fraction of sp³-hybridized carbons (Fsp3) is 1.00. The van der Waals surface area contributed by atoms with Crippen LogP contribution in [-0.2, 0) is 18.9 Å². The van der Waals surface area contributed by atoms with Crippen molar-refractivity contribution in [1.82, 2.24) is 0 Å². The molecule has 0 radical (unpaired) electrons. The van der Waals surface area contributed by atoms with E-state index in [1.165, 1.54) is 12.8 Å². The van der Waals surface area contributed by atoms with E-state index in [9.17, 15) is 0 Å². The standard InChI is InChI=1S/C13H24O4/c1-4-5-9(2)7-15-10-6-11(14-3)13-16-8-12(10)17-13/h9-13H,4-8H2,1-3H3/t9?,10-,11+,12+,13?/m0/s1. The smallest absolute Gasteiger partial charge is 0.184 e. The van der Waals surface area contributed by atoms with Gasteiger partial charge in [0, 0.05) is 20.1 Å². The van der Waals surface area contributed by atoms with E-state index >= 15 is 0 Å². The number of rotatable bonds is 6. The van der Waals surface area contributed by atoms with Crippen LogP contribution in [-0.4, -0.2) is 44.9 Å². The van der Waals surface area contributed by atoms with Crippen LogP contribution in [0.4, 0.5) is 0 Å². The molecule has 5 atom stereocenters. The zero-order valence-corrected chi connectivity index (χ0v) is 11.1. The van der Waals surface area contributed by atoms with E-state index in [2.05, 4.69) is 13.8 Å². The summed E-state index contributed by atoms with van der Waals surface area (Å²) in [7, 11) is 1.70. The molecule has 0 aliphatic carbocycles. The summed E-state index contributed by atoms with van der Waals surface area (Å²) in [5.74, 6) is 0.612. The van der Waals surface area contributed by atoms with E-state index in [4.69, 9.17) is 18.9 Å². The lowest BCUT2D eigenvalue weighted by atomic mass is 10.0. The van der Waals surface area contributed by atoms with Crippen LogP contribution in [0.5, 0.6) is 0 Å². The van der Waals surface area contributed by atoms with Crippen molar-refractivity contribution in [1.29, 1.82) is 0 Å². The van der Waals surface area contributed by atoms with Gasteiger partial charge in [-0.15, -0.1) is 0 Å². The Morgan fingerprint density at radius 1 is 1.35 bits per heavy atom. The van der Waals surface area contributed by atoms with Crippen LogP contribution in [0.3, 0.4) is 0 Å². The van der Waals surface area contributed by atoms with Gasteiger partial charge in [-0.25, -0.2) is 0 Å². The van der Waals surface area contributed by atoms with Crippen LogP contribution in [0.2, 0.25) is 0 Å². The molecule has 2 heterocycles. The third-order valence-corrected chi connectivity index (χ3v) is 3.60. The van der Waals surface area contributed by atoms with E-state index in [0.717, 1.165) is 13.0 Å². The van der Waals surface area contributed by atoms with Crippen molar-refractivity contribution in [3.8, 4) is 0 Å².